The van der Waals surface area contributed by atoms with Gasteiger partial charge in [0.1, 0.15) is 0 Å². The number of sulfonamides is 1. The summed E-state index contributed by atoms with van der Waals surface area (Å²) in [6, 6.07) is 7.12. The van der Waals surface area contributed by atoms with Crippen molar-refractivity contribution in [3.05, 3.63) is 64.4 Å². The molecule has 0 aliphatic heterocycles. The summed E-state index contributed by atoms with van der Waals surface area (Å²) < 4.78 is 34.3. The van der Waals surface area contributed by atoms with Gasteiger partial charge in [-0.05, 0) is 65.0 Å². The SMILES string of the molecule is Cc1cc(C(=O)COC(=O)c2ccc(S(=O)(=O)NC(C)(C)C)cc2)c(C)n1-c1nccs1. The molecule has 0 radical (unpaired) electrons. The molecule has 0 spiro atoms. The van der Waals surface area contributed by atoms with Gasteiger partial charge in [-0.25, -0.2) is 22.9 Å². The van der Waals surface area contributed by atoms with Gasteiger partial charge >= 0.3 is 5.97 Å². The Morgan fingerprint density at radius 2 is 1.81 bits per heavy atom. The zero-order valence-corrected chi connectivity index (χ0v) is 20.1. The number of esters is 1. The Morgan fingerprint density at radius 3 is 2.38 bits per heavy atom. The van der Waals surface area contributed by atoms with E-state index in [1.165, 1.54) is 35.6 Å². The van der Waals surface area contributed by atoms with Crippen LogP contribution >= 0.6 is 11.3 Å². The predicted octanol–water partition coefficient (Wildman–Crippen LogP) is 3.67. The molecule has 0 saturated heterocycles. The van der Waals surface area contributed by atoms with Crippen LogP contribution in [-0.4, -0.2) is 41.9 Å². The van der Waals surface area contributed by atoms with Gasteiger partial charge in [-0.1, -0.05) is 0 Å². The quantitative estimate of drug-likeness (QED) is 0.413. The Labute approximate surface area is 191 Å². The van der Waals surface area contributed by atoms with E-state index in [1.807, 2.05) is 23.8 Å². The van der Waals surface area contributed by atoms with Crippen molar-refractivity contribution in [2.75, 3.05) is 6.61 Å². The molecule has 0 saturated carbocycles. The smallest absolute Gasteiger partial charge is 0.338 e. The topological polar surface area (TPSA) is 107 Å². The van der Waals surface area contributed by atoms with E-state index in [4.69, 9.17) is 4.74 Å². The van der Waals surface area contributed by atoms with E-state index in [9.17, 15) is 18.0 Å². The van der Waals surface area contributed by atoms with Gasteiger partial charge in [0.05, 0.1) is 10.5 Å². The van der Waals surface area contributed by atoms with E-state index >= 15 is 0 Å². The number of thiazole rings is 1. The Kier molecular flexibility index (Phi) is 6.68. The molecule has 3 rings (SSSR count). The summed E-state index contributed by atoms with van der Waals surface area (Å²) in [4.78, 5) is 29.3. The van der Waals surface area contributed by atoms with Crippen LogP contribution in [0, 0.1) is 13.8 Å². The summed E-state index contributed by atoms with van der Waals surface area (Å²) in [5.41, 5.74) is 1.55. The predicted molar refractivity (Wildman–Crippen MR) is 122 cm³/mol. The first kappa shape index (κ1) is 23.8. The van der Waals surface area contributed by atoms with Crippen molar-refractivity contribution in [1.29, 1.82) is 0 Å². The molecule has 0 amide bonds. The minimum absolute atomic E-state index is 0.0367. The van der Waals surface area contributed by atoms with Gasteiger partial charge in [0.2, 0.25) is 15.8 Å². The Balaban J connectivity index is 1.68. The highest BCUT2D eigenvalue weighted by Crippen LogP contribution is 2.23. The summed E-state index contributed by atoms with van der Waals surface area (Å²) in [6.07, 6.45) is 1.69. The van der Waals surface area contributed by atoms with Crippen LogP contribution in [0.15, 0.2) is 46.8 Å². The van der Waals surface area contributed by atoms with Gasteiger partial charge in [-0.2, -0.15) is 0 Å². The highest BCUT2D eigenvalue weighted by atomic mass is 32.2. The number of carbonyl (C=O) groups is 2. The molecule has 0 aliphatic carbocycles. The summed E-state index contributed by atoms with van der Waals surface area (Å²) in [7, 11) is -3.71. The normalized spacial score (nSPS) is 12.0. The fourth-order valence-electron chi connectivity index (χ4n) is 3.19. The molecule has 0 bridgehead atoms. The second kappa shape index (κ2) is 8.97. The van der Waals surface area contributed by atoms with Crippen molar-refractivity contribution in [3.63, 3.8) is 0 Å². The number of Topliss-reactive ketones (excluding diaryl/α,β-unsaturated/α-hetero) is 1. The maximum Gasteiger partial charge on any atom is 0.338 e. The van der Waals surface area contributed by atoms with Gasteiger partial charge in [0.15, 0.2) is 11.7 Å². The van der Waals surface area contributed by atoms with Crippen LogP contribution in [0.3, 0.4) is 0 Å². The van der Waals surface area contributed by atoms with Gasteiger partial charge in [0, 0.05) is 34.1 Å². The minimum atomic E-state index is -3.71. The molecular weight excluding hydrogens is 450 g/mol. The second-order valence-electron chi connectivity index (χ2n) is 8.31. The van der Waals surface area contributed by atoms with Gasteiger partial charge in [-0.3, -0.25) is 9.36 Å². The van der Waals surface area contributed by atoms with E-state index in [-0.39, 0.29) is 16.2 Å². The third kappa shape index (κ3) is 5.32. The first-order valence-corrected chi connectivity index (χ1v) is 12.2. The number of rotatable bonds is 7. The van der Waals surface area contributed by atoms with Crippen LogP contribution in [-0.2, 0) is 14.8 Å². The highest BCUT2D eigenvalue weighted by molar-refractivity contribution is 7.89. The molecular formula is C22H25N3O5S2. The van der Waals surface area contributed by atoms with Gasteiger partial charge < -0.3 is 4.74 Å². The van der Waals surface area contributed by atoms with Gasteiger partial charge in [-0.15, -0.1) is 11.3 Å². The third-order valence-electron chi connectivity index (χ3n) is 4.52. The van der Waals surface area contributed by atoms with E-state index in [0.29, 0.717) is 5.56 Å². The molecule has 32 heavy (non-hydrogen) atoms. The van der Waals surface area contributed by atoms with Crippen molar-refractivity contribution >= 4 is 33.1 Å². The molecule has 8 nitrogen and oxygen atoms in total. The van der Waals surface area contributed by atoms with Crippen LogP contribution in [0.25, 0.3) is 5.13 Å². The first-order valence-electron chi connectivity index (χ1n) is 9.82. The Hall–Kier alpha value is -2.82. The maximum absolute atomic E-state index is 12.7. The van der Waals surface area contributed by atoms with Crippen LogP contribution in [0.4, 0.5) is 0 Å². The summed E-state index contributed by atoms with van der Waals surface area (Å²) in [5, 5.41) is 2.61. The van der Waals surface area contributed by atoms with Gasteiger partial charge in [0.25, 0.3) is 0 Å². The molecule has 0 fully saturated rings. The number of ether oxygens (including phenoxy) is 1. The van der Waals surface area contributed by atoms with Crippen LogP contribution in [0.1, 0.15) is 52.9 Å². The van der Waals surface area contributed by atoms with Crippen LogP contribution in [0.2, 0.25) is 0 Å². The number of hydrogen-bond acceptors (Lipinski definition) is 7. The molecule has 3 aromatic rings. The molecule has 10 heteroatoms. The zero-order chi connectivity index (χ0) is 23.7. The standard InChI is InChI=1S/C22H25N3O5S2/c1-14-12-18(15(2)25(14)21-23-10-11-31-21)19(26)13-30-20(27)16-6-8-17(9-7-16)32(28,29)24-22(3,4)5/h6-12,24H,13H2,1-5H3. The van der Waals surface area contributed by atoms with Crippen molar-refractivity contribution in [1.82, 2.24) is 14.3 Å². The number of nitrogens with one attached hydrogen (secondary N) is 1. The monoisotopic (exact) mass is 475 g/mol. The lowest BCUT2D eigenvalue weighted by Gasteiger charge is -2.20. The molecule has 0 atom stereocenters. The van der Waals surface area contributed by atoms with E-state index in [2.05, 4.69) is 9.71 Å². The van der Waals surface area contributed by atoms with Crippen molar-refractivity contribution in [2.45, 2.75) is 45.1 Å². The second-order valence-corrected chi connectivity index (χ2v) is 10.9. The lowest BCUT2D eigenvalue weighted by molar-refractivity contribution is 0.0474. The number of carbonyl (C=O) groups excluding carboxylic acids is 2. The molecule has 0 unspecified atom stereocenters. The van der Waals surface area contributed by atoms with Crippen molar-refractivity contribution in [3.8, 4) is 5.13 Å². The maximum atomic E-state index is 12.7. The lowest BCUT2D eigenvalue weighted by Crippen LogP contribution is -2.40. The summed E-state index contributed by atoms with van der Waals surface area (Å²) in [5.74, 6) is -1.04. The molecule has 170 valence electrons. The Bertz CT molecular complexity index is 1240. The fourth-order valence-corrected chi connectivity index (χ4v) is 5.36. The Morgan fingerprint density at radius 1 is 1.16 bits per heavy atom. The fraction of sp³-hybridized carbons (Fsp3) is 0.318. The molecule has 1 N–H and O–H groups in total. The number of benzene rings is 1. The number of aromatic nitrogens is 2. The summed E-state index contributed by atoms with van der Waals surface area (Å²) >= 11 is 1.46. The van der Waals surface area contributed by atoms with Crippen molar-refractivity contribution < 1.29 is 22.7 Å². The molecule has 0 aliphatic rings. The largest absolute Gasteiger partial charge is 0.454 e. The number of nitrogens with zero attached hydrogens (tertiary/aromatic N) is 2. The van der Waals surface area contributed by atoms with E-state index < -0.39 is 28.1 Å². The highest BCUT2D eigenvalue weighted by Gasteiger charge is 2.23. The van der Waals surface area contributed by atoms with Crippen LogP contribution in [0.5, 0.6) is 0 Å². The molecule has 2 heterocycles. The first-order chi connectivity index (χ1) is 14.9. The molecule has 1 aromatic carbocycles. The van der Waals surface area contributed by atoms with E-state index in [1.54, 1.807) is 33.0 Å². The minimum Gasteiger partial charge on any atom is -0.454 e. The summed E-state index contributed by atoms with van der Waals surface area (Å²) in [6.45, 7) is 8.48. The van der Waals surface area contributed by atoms with Crippen molar-refractivity contribution in [2.24, 2.45) is 0 Å². The zero-order valence-electron chi connectivity index (χ0n) is 18.5. The average Bonchev–Trinajstić information content (AvgIpc) is 3.31. The average molecular weight is 476 g/mol. The van der Waals surface area contributed by atoms with Crippen LogP contribution < -0.4 is 4.72 Å². The van der Waals surface area contributed by atoms with E-state index in [0.717, 1.165) is 16.5 Å². The number of hydrogen-bond donors (Lipinski definition) is 1. The molecule has 2 aromatic heterocycles. The third-order valence-corrected chi connectivity index (χ3v) is 7.05. The number of ketones is 1. The number of aryl methyl sites for hydroxylation is 1. The lowest BCUT2D eigenvalue weighted by atomic mass is 10.1.